The molecule has 13 aromatic rings. The summed E-state index contributed by atoms with van der Waals surface area (Å²) in [6, 6.07) is 55.9. The Hall–Kier alpha value is -7.24. The normalized spacial score (nSPS) is 13.1. The van der Waals surface area contributed by atoms with Gasteiger partial charge in [-0.25, -0.2) is 9.97 Å². The summed E-state index contributed by atoms with van der Waals surface area (Å²) in [4.78, 5) is 14.1. The summed E-state index contributed by atoms with van der Waals surface area (Å²) in [5.74, 6) is 0. The number of para-hydroxylation sites is 2. The summed E-state index contributed by atoms with van der Waals surface area (Å²) in [5, 5.41) is 12.1. The van der Waals surface area contributed by atoms with Crippen molar-refractivity contribution in [3.8, 4) is 0 Å². The van der Waals surface area contributed by atoms with E-state index in [2.05, 4.69) is 207 Å². The molecule has 5 heterocycles. The molecule has 0 radical (unpaired) electrons. The summed E-state index contributed by atoms with van der Waals surface area (Å²) in [6.45, 7) is 13.9. The monoisotopic (exact) mass is 785 g/mol. The number of hydrogen-bond acceptors (Lipinski definition) is 3. The first-order valence-corrected chi connectivity index (χ1v) is 21.4. The van der Waals surface area contributed by atoms with E-state index in [9.17, 15) is 0 Å². The molecule has 0 unspecified atom stereocenters. The van der Waals surface area contributed by atoms with Gasteiger partial charge in [-0.1, -0.05) is 126 Å². The minimum atomic E-state index is -0.102. The van der Waals surface area contributed by atoms with Gasteiger partial charge in [-0.15, -0.1) is 0 Å². The largest absolute Gasteiger partial charge is 0.308 e. The first kappa shape index (κ1) is 34.6. The fraction of sp³-hybridized carbons (Fsp3) is 0.143. The van der Waals surface area contributed by atoms with E-state index in [0.717, 1.165) is 61.2 Å². The van der Waals surface area contributed by atoms with E-state index in [-0.39, 0.29) is 10.8 Å². The number of fused-ring (bicyclic) bond motifs is 14. The second-order valence-corrected chi connectivity index (χ2v) is 19.1. The first-order valence-electron chi connectivity index (χ1n) is 21.4. The van der Waals surface area contributed by atoms with Gasteiger partial charge in [0.15, 0.2) is 11.3 Å². The molecule has 0 aliphatic carbocycles. The Morgan fingerprint density at radius 3 is 1.43 bits per heavy atom. The maximum absolute atomic E-state index is 5.88. The van der Waals surface area contributed by atoms with Gasteiger partial charge in [-0.3, -0.25) is 8.80 Å². The van der Waals surface area contributed by atoms with Gasteiger partial charge in [0, 0.05) is 49.1 Å². The van der Waals surface area contributed by atoms with Crippen LogP contribution in [0, 0.1) is 0 Å². The molecule has 13 rings (SSSR count). The standard InChI is InChI=1S/C56H43N5/c1-55(2,3)35-28-42-40-25-32-17-13-14-18-33(32)27-46(40)60-49(42)44(30-35)47-53(60)57-48-45-31-36(56(4,5)6)29-43-41-26-34-19-15-16-24-39(34)51(52(41)61(50(43)45)54(48)58-47)59(37-20-9-7-10-21-37)38-22-11-8-12-23-38/h7-31H,1-6H3. The van der Waals surface area contributed by atoms with E-state index in [0.29, 0.717) is 0 Å². The molecule has 292 valence electrons. The summed E-state index contributed by atoms with van der Waals surface area (Å²) < 4.78 is 4.86. The molecule has 61 heavy (non-hydrogen) atoms. The summed E-state index contributed by atoms with van der Waals surface area (Å²) in [6.07, 6.45) is 0. The molecule has 0 saturated carbocycles. The predicted molar refractivity (Wildman–Crippen MR) is 258 cm³/mol. The van der Waals surface area contributed by atoms with Crippen molar-refractivity contribution in [3.05, 3.63) is 163 Å². The van der Waals surface area contributed by atoms with Gasteiger partial charge in [-0.05, 0) is 105 Å². The lowest BCUT2D eigenvalue weighted by atomic mass is 9.85. The van der Waals surface area contributed by atoms with Crippen molar-refractivity contribution in [2.75, 3.05) is 4.90 Å². The van der Waals surface area contributed by atoms with Crippen molar-refractivity contribution in [2.24, 2.45) is 0 Å². The van der Waals surface area contributed by atoms with Crippen LogP contribution >= 0.6 is 0 Å². The molecule has 0 amide bonds. The molecule has 0 fully saturated rings. The van der Waals surface area contributed by atoms with Crippen LogP contribution in [0.5, 0.6) is 0 Å². The van der Waals surface area contributed by atoms with E-state index in [1.807, 2.05) is 0 Å². The van der Waals surface area contributed by atoms with Crippen LogP contribution in [0.25, 0.3) is 98.3 Å². The minimum Gasteiger partial charge on any atom is -0.308 e. The van der Waals surface area contributed by atoms with E-state index >= 15 is 0 Å². The SMILES string of the molecule is CC(C)(C)c1cc2c3cc4ccccc4cc3n3c4nc5c6cc(C(C)(C)C)cc7c8cc9ccccc9c(N(c9ccccc9)c9ccccc9)c8n(c5nc4c(c1)c23)c76. The smallest absolute Gasteiger partial charge is 0.165 e. The Labute approximate surface area is 352 Å². The molecular formula is C56H43N5. The zero-order valence-electron chi connectivity index (χ0n) is 35.2. The molecule has 0 spiro atoms. The van der Waals surface area contributed by atoms with Crippen LogP contribution in [0.3, 0.4) is 0 Å². The molecule has 0 aliphatic rings. The highest BCUT2D eigenvalue weighted by atomic mass is 15.2. The van der Waals surface area contributed by atoms with Crippen LogP contribution in [0.15, 0.2) is 152 Å². The van der Waals surface area contributed by atoms with Crippen molar-refractivity contribution in [1.82, 2.24) is 18.8 Å². The molecule has 0 N–H and O–H groups in total. The van der Waals surface area contributed by atoms with Crippen molar-refractivity contribution in [3.63, 3.8) is 0 Å². The van der Waals surface area contributed by atoms with Gasteiger partial charge < -0.3 is 4.90 Å². The molecular weight excluding hydrogens is 743 g/mol. The zero-order chi connectivity index (χ0) is 41.1. The van der Waals surface area contributed by atoms with Gasteiger partial charge >= 0.3 is 0 Å². The lowest BCUT2D eigenvalue weighted by molar-refractivity contribution is 0.591. The lowest BCUT2D eigenvalue weighted by Gasteiger charge is -2.28. The molecule has 0 aliphatic heterocycles. The first-order chi connectivity index (χ1) is 29.5. The number of aromatic nitrogens is 4. The Kier molecular flexibility index (Phi) is 6.66. The fourth-order valence-corrected chi connectivity index (χ4v) is 10.3. The van der Waals surface area contributed by atoms with Crippen LogP contribution in [0.4, 0.5) is 17.1 Å². The Morgan fingerprint density at radius 1 is 0.393 bits per heavy atom. The van der Waals surface area contributed by atoms with Crippen molar-refractivity contribution < 1.29 is 0 Å². The van der Waals surface area contributed by atoms with Crippen molar-refractivity contribution >= 4 is 115 Å². The average molecular weight is 786 g/mol. The average Bonchev–Trinajstić information content (AvgIpc) is 3.97. The molecule has 0 atom stereocenters. The maximum atomic E-state index is 5.88. The Morgan fingerprint density at radius 2 is 0.836 bits per heavy atom. The highest BCUT2D eigenvalue weighted by Crippen LogP contribution is 2.50. The highest BCUT2D eigenvalue weighted by Gasteiger charge is 2.31. The predicted octanol–water partition coefficient (Wildman–Crippen LogP) is 15.1. The van der Waals surface area contributed by atoms with Crippen LogP contribution in [-0.2, 0) is 10.8 Å². The number of benzene rings is 8. The van der Waals surface area contributed by atoms with Gasteiger partial charge in [-0.2, -0.15) is 0 Å². The minimum absolute atomic E-state index is 0.0699. The van der Waals surface area contributed by atoms with Gasteiger partial charge in [0.1, 0.15) is 11.0 Å². The third kappa shape index (κ3) is 4.66. The molecule has 8 aromatic carbocycles. The van der Waals surface area contributed by atoms with Crippen molar-refractivity contribution in [1.29, 1.82) is 0 Å². The second kappa shape index (κ2) is 11.7. The van der Waals surface area contributed by atoms with Gasteiger partial charge in [0.05, 0.1) is 27.8 Å². The van der Waals surface area contributed by atoms with E-state index < -0.39 is 0 Å². The quantitative estimate of drug-likeness (QED) is 0.179. The van der Waals surface area contributed by atoms with Crippen LogP contribution in [-0.4, -0.2) is 18.8 Å². The third-order valence-corrected chi connectivity index (χ3v) is 13.3. The number of rotatable bonds is 3. The van der Waals surface area contributed by atoms with Gasteiger partial charge in [0.2, 0.25) is 0 Å². The summed E-state index contributed by atoms with van der Waals surface area (Å²) in [7, 11) is 0. The van der Waals surface area contributed by atoms with Crippen LogP contribution in [0.1, 0.15) is 52.7 Å². The van der Waals surface area contributed by atoms with Gasteiger partial charge in [0.25, 0.3) is 0 Å². The van der Waals surface area contributed by atoms with E-state index in [1.54, 1.807) is 0 Å². The fourth-order valence-electron chi connectivity index (χ4n) is 10.3. The summed E-state index contributed by atoms with van der Waals surface area (Å²) in [5.41, 5.74) is 14.0. The topological polar surface area (TPSA) is 37.8 Å². The molecule has 5 aromatic heterocycles. The molecule has 0 saturated heterocycles. The second-order valence-electron chi connectivity index (χ2n) is 19.1. The van der Waals surface area contributed by atoms with Crippen molar-refractivity contribution in [2.45, 2.75) is 52.4 Å². The number of anilines is 3. The summed E-state index contributed by atoms with van der Waals surface area (Å²) >= 11 is 0. The van der Waals surface area contributed by atoms with Crippen LogP contribution < -0.4 is 4.90 Å². The van der Waals surface area contributed by atoms with Crippen LogP contribution in [0.2, 0.25) is 0 Å². The number of hydrogen-bond donors (Lipinski definition) is 0. The van der Waals surface area contributed by atoms with E-state index in [4.69, 9.17) is 9.97 Å². The molecule has 5 heteroatoms. The maximum Gasteiger partial charge on any atom is 0.165 e. The lowest BCUT2D eigenvalue weighted by Crippen LogP contribution is -2.11. The third-order valence-electron chi connectivity index (χ3n) is 13.3. The molecule has 5 nitrogen and oxygen atoms in total. The molecule has 0 bridgehead atoms. The Bertz CT molecular complexity index is 3900. The zero-order valence-corrected chi connectivity index (χ0v) is 35.2. The highest BCUT2D eigenvalue weighted by molar-refractivity contribution is 6.30. The Balaban J connectivity index is 1.28. The van der Waals surface area contributed by atoms with E-state index in [1.165, 1.54) is 65.3 Å². The number of nitrogens with zero attached hydrogens (tertiary/aromatic N) is 5.